The molecule has 1 aromatic heterocycles. The van der Waals surface area contributed by atoms with E-state index < -0.39 is 0 Å². The molecule has 0 aliphatic carbocycles. The van der Waals surface area contributed by atoms with E-state index >= 15 is 0 Å². The lowest BCUT2D eigenvalue weighted by Gasteiger charge is -1.98. The molecule has 3 nitrogen and oxygen atoms in total. The molecule has 0 saturated carbocycles. The maximum absolute atomic E-state index is 5.69. The summed E-state index contributed by atoms with van der Waals surface area (Å²) in [5.41, 5.74) is 5.69. The summed E-state index contributed by atoms with van der Waals surface area (Å²) in [6.45, 7) is 3.02. The van der Waals surface area contributed by atoms with Gasteiger partial charge in [0.1, 0.15) is 10.8 Å². The number of anilines is 1. The normalized spacial score (nSPS) is 10.4. The molecule has 0 amide bonds. The Morgan fingerprint density at radius 1 is 1.73 bits per heavy atom. The van der Waals surface area contributed by atoms with Crippen molar-refractivity contribution in [2.45, 2.75) is 24.9 Å². The fraction of sp³-hybridized carbons (Fsp3) is 0.571. The molecule has 0 bridgehead atoms. The average molecular weight is 171 g/mol. The van der Waals surface area contributed by atoms with Gasteiger partial charge < -0.3 is 5.73 Å². The van der Waals surface area contributed by atoms with Gasteiger partial charge in [-0.3, -0.25) is 0 Å². The summed E-state index contributed by atoms with van der Waals surface area (Å²) >= 11 is 1.62. The zero-order valence-corrected chi connectivity index (χ0v) is 7.69. The van der Waals surface area contributed by atoms with E-state index in [1.54, 1.807) is 11.8 Å². The first-order valence-corrected chi connectivity index (χ1v) is 4.87. The van der Waals surface area contributed by atoms with Crippen molar-refractivity contribution in [2.75, 3.05) is 12.0 Å². The Hall–Kier alpha value is -0.640. The van der Waals surface area contributed by atoms with Gasteiger partial charge in [-0.2, -0.15) is 5.10 Å². The standard InChI is InChI=1S/C7H13N3S/c1-3-4-10-6(8)5-7(9-10)11-2/h5H,3-4,8H2,1-2H3. The number of rotatable bonds is 3. The van der Waals surface area contributed by atoms with Crippen LogP contribution in [0.2, 0.25) is 0 Å². The highest BCUT2D eigenvalue weighted by molar-refractivity contribution is 7.98. The molecule has 0 fully saturated rings. The molecular formula is C7H13N3S. The second kappa shape index (κ2) is 3.67. The first-order chi connectivity index (χ1) is 5.27. The van der Waals surface area contributed by atoms with Crippen LogP contribution in [0.15, 0.2) is 11.1 Å². The highest BCUT2D eigenvalue weighted by atomic mass is 32.2. The van der Waals surface area contributed by atoms with Crippen LogP contribution in [0.4, 0.5) is 5.82 Å². The number of aryl methyl sites for hydroxylation is 1. The van der Waals surface area contributed by atoms with Crippen LogP contribution in [-0.2, 0) is 6.54 Å². The molecule has 0 aromatic carbocycles. The SMILES string of the molecule is CCCn1nc(SC)cc1N. The Balaban J connectivity index is 2.79. The topological polar surface area (TPSA) is 43.8 Å². The van der Waals surface area contributed by atoms with Crippen LogP contribution in [0.25, 0.3) is 0 Å². The van der Waals surface area contributed by atoms with Crippen molar-refractivity contribution in [1.82, 2.24) is 9.78 Å². The number of aromatic nitrogens is 2. The minimum absolute atomic E-state index is 0.760. The fourth-order valence-electron chi connectivity index (χ4n) is 0.897. The van der Waals surface area contributed by atoms with Gasteiger partial charge in [-0.25, -0.2) is 4.68 Å². The molecule has 2 N–H and O–H groups in total. The lowest BCUT2D eigenvalue weighted by Crippen LogP contribution is -2.03. The van der Waals surface area contributed by atoms with Crippen LogP contribution in [0, 0.1) is 0 Å². The summed E-state index contributed by atoms with van der Waals surface area (Å²) in [5, 5.41) is 5.27. The fourth-order valence-corrected chi connectivity index (χ4v) is 1.32. The molecule has 1 heterocycles. The van der Waals surface area contributed by atoms with Gasteiger partial charge in [-0.05, 0) is 12.7 Å². The van der Waals surface area contributed by atoms with Crippen LogP contribution in [-0.4, -0.2) is 16.0 Å². The van der Waals surface area contributed by atoms with E-state index in [4.69, 9.17) is 5.73 Å². The van der Waals surface area contributed by atoms with Crippen molar-refractivity contribution in [3.05, 3.63) is 6.07 Å². The van der Waals surface area contributed by atoms with Gasteiger partial charge in [0.2, 0.25) is 0 Å². The van der Waals surface area contributed by atoms with E-state index in [1.807, 2.05) is 17.0 Å². The number of nitrogens with zero attached hydrogens (tertiary/aromatic N) is 2. The summed E-state index contributed by atoms with van der Waals surface area (Å²) < 4.78 is 1.84. The van der Waals surface area contributed by atoms with Crippen molar-refractivity contribution in [3.63, 3.8) is 0 Å². The lowest BCUT2D eigenvalue weighted by atomic mass is 10.5. The van der Waals surface area contributed by atoms with Gasteiger partial charge in [0.05, 0.1) is 0 Å². The lowest BCUT2D eigenvalue weighted by molar-refractivity contribution is 0.597. The van der Waals surface area contributed by atoms with Gasteiger partial charge in [0.15, 0.2) is 0 Å². The first kappa shape index (κ1) is 8.46. The third-order valence-electron chi connectivity index (χ3n) is 1.43. The maximum Gasteiger partial charge on any atom is 0.122 e. The number of hydrogen-bond donors (Lipinski definition) is 1. The Morgan fingerprint density at radius 2 is 2.45 bits per heavy atom. The Morgan fingerprint density at radius 3 is 2.91 bits per heavy atom. The molecule has 0 aliphatic rings. The van der Waals surface area contributed by atoms with Gasteiger partial charge >= 0.3 is 0 Å². The second-order valence-electron chi connectivity index (χ2n) is 2.33. The summed E-state index contributed by atoms with van der Waals surface area (Å²) in [6.07, 6.45) is 3.07. The van der Waals surface area contributed by atoms with E-state index in [1.165, 1.54) is 0 Å². The molecule has 1 aromatic rings. The van der Waals surface area contributed by atoms with Crippen molar-refractivity contribution in [1.29, 1.82) is 0 Å². The smallest absolute Gasteiger partial charge is 0.122 e. The largest absolute Gasteiger partial charge is 0.384 e. The number of hydrogen-bond acceptors (Lipinski definition) is 3. The molecule has 0 aliphatic heterocycles. The van der Waals surface area contributed by atoms with Crippen LogP contribution in [0.1, 0.15) is 13.3 Å². The van der Waals surface area contributed by atoms with Crippen LogP contribution in [0.3, 0.4) is 0 Å². The summed E-state index contributed by atoms with van der Waals surface area (Å²) in [6, 6.07) is 1.90. The Kier molecular flexibility index (Phi) is 2.82. The summed E-state index contributed by atoms with van der Waals surface area (Å²) in [5.74, 6) is 0.760. The molecule has 4 heteroatoms. The molecule has 0 unspecified atom stereocenters. The zero-order valence-electron chi connectivity index (χ0n) is 6.87. The molecule has 0 atom stereocenters. The third-order valence-corrected chi connectivity index (χ3v) is 2.05. The Bertz CT molecular complexity index is 232. The molecule has 0 radical (unpaired) electrons. The van der Waals surface area contributed by atoms with Gasteiger partial charge in [0.25, 0.3) is 0 Å². The van der Waals surface area contributed by atoms with Crippen LogP contribution < -0.4 is 5.73 Å². The third kappa shape index (κ3) is 1.89. The van der Waals surface area contributed by atoms with Crippen molar-refractivity contribution in [2.24, 2.45) is 0 Å². The molecule has 0 spiro atoms. The van der Waals surface area contributed by atoms with E-state index in [0.29, 0.717) is 0 Å². The van der Waals surface area contributed by atoms with Crippen molar-refractivity contribution < 1.29 is 0 Å². The predicted octanol–water partition coefficient (Wildman–Crippen LogP) is 1.60. The molecule has 11 heavy (non-hydrogen) atoms. The van der Waals surface area contributed by atoms with Crippen molar-refractivity contribution >= 4 is 17.6 Å². The summed E-state index contributed by atoms with van der Waals surface area (Å²) in [4.78, 5) is 0. The molecule has 62 valence electrons. The Labute approximate surface area is 71.0 Å². The first-order valence-electron chi connectivity index (χ1n) is 3.65. The van der Waals surface area contributed by atoms with Crippen LogP contribution in [0.5, 0.6) is 0 Å². The highest BCUT2D eigenvalue weighted by Gasteiger charge is 2.01. The average Bonchev–Trinajstić information content (AvgIpc) is 2.33. The molecule has 0 saturated heterocycles. The number of thioether (sulfide) groups is 1. The summed E-state index contributed by atoms with van der Waals surface area (Å²) in [7, 11) is 0. The van der Waals surface area contributed by atoms with E-state index in [0.717, 1.165) is 23.8 Å². The van der Waals surface area contributed by atoms with Crippen molar-refractivity contribution in [3.8, 4) is 0 Å². The van der Waals surface area contributed by atoms with Crippen LogP contribution >= 0.6 is 11.8 Å². The van der Waals surface area contributed by atoms with E-state index in [-0.39, 0.29) is 0 Å². The minimum Gasteiger partial charge on any atom is -0.384 e. The van der Waals surface area contributed by atoms with Gasteiger partial charge in [0, 0.05) is 12.6 Å². The number of nitrogens with two attached hydrogens (primary N) is 1. The maximum atomic E-state index is 5.69. The minimum atomic E-state index is 0.760. The van der Waals surface area contributed by atoms with Gasteiger partial charge in [-0.1, -0.05) is 6.92 Å². The predicted molar refractivity (Wildman–Crippen MR) is 48.7 cm³/mol. The number of nitrogen functional groups attached to an aromatic ring is 1. The quantitative estimate of drug-likeness (QED) is 0.702. The zero-order chi connectivity index (χ0) is 8.27. The van der Waals surface area contributed by atoms with E-state index in [9.17, 15) is 0 Å². The van der Waals surface area contributed by atoms with E-state index in [2.05, 4.69) is 12.0 Å². The second-order valence-corrected chi connectivity index (χ2v) is 3.16. The van der Waals surface area contributed by atoms with Gasteiger partial charge in [-0.15, -0.1) is 11.8 Å². The highest BCUT2D eigenvalue weighted by Crippen LogP contribution is 2.15. The molecule has 1 rings (SSSR count). The monoisotopic (exact) mass is 171 g/mol. The molecular weight excluding hydrogens is 158 g/mol.